The second-order valence-corrected chi connectivity index (χ2v) is 16.0. The third-order valence-corrected chi connectivity index (χ3v) is 10.7. The Morgan fingerprint density at radius 1 is 0.780 bits per heavy atom. The Morgan fingerprint density at radius 3 is 1.86 bits per heavy atom. The molecule has 1 aliphatic heterocycles. The van der Waals surface area contributed by atoms with Gasteiger partial charge in [-0.25, -0.2) is 0 Å². The van der Waals surface area contributed by atoms with Gasteiger partial charge in [-0.3, -0.25) is 0 Å². The highest BCUT2D eigenvalue weighted by atomic mass is 32.5. The van der Waals surface area contributed by atoms with Crippen molar-refractivity contribution < 1.29 is 37.3 Å². The van der Waals surface area contributed by atoms with E-state index in [0.717, 1.165) is 28.0 Å². The zero-order valence-electron chi connectivity index (χ0n) is 29.6. The molecule has 50 heavy (non-hydrogen) atoms. The lowest BCUT2D eigenvalue weighted by molar-refractivity contribution is -0.0752. The van der Waals surface area contributed by atoms with Crippen LogP contribution in [0.5, 0.6) is 5.75 Å². The molecule has 268 valence electrons. The van der Waals surface area contributed by atoms with E-state index < -0.39 is 24.2 Å². The van der Waals surface area contributed by atoms with Gasteiger partial charge in [0, 0.05) is 5.56 Å². The Balaban J connectivity index is 1.16. The molecule has 0 aromatic heterocycles. The van der Waals surface area contributed by atoms with Crippen molar-refractivity contribution in [1.82, 2.24) is 0 Å². The minimum atomic E-state index is -3.14. The Labute approximate surface area is 302 Å². The molecule has 0 N–H and O–H groups in total. The van der Waals surface area contributed by atoms with E-state index in [1.54, 1.807) is 7.11 Å². The van der Waals surface area contributed by atoms with Crippen molar-refractivity contribution in [1.29, 1.82) is 0 Å². The zero-order chi connectivity index (χ0) is 35.5. The molecular weight excluding hydrogens is 671 g/mol. The van der Waals surface area contributed by atoms with Crippen molar-refractivity contribution in [2.24, 2.45) is 0 Å². The summed E-state index contributed by atoms with van der Waals surface area (Å²) in [5, 5.41) is 0. The van der Waals surface area contributed by atoms with Crippen LogP contribution in [-0.2, 0) is 49.9 Å². The summed E-state index contributed by atoms with van der Waals surface area (Å²) in [6, 6.07) is 38.6. The van der Waals surface area contributed by atoms with Crippen LogP contribution in [0.2, 0.25) is 0 Å². The van der Waals surface area contributed by atoms with Crippen molar-refractivity contribution in [3.63, 3.8) is 0 Å². The average molecular weight is 721 g/mol. The lowest BCUT2D eigenvalue weighted by atomic mass is 9.80. The maximum atomic E-state index is 6.95. The highest BCUT2D eigenvalue weighted by Gasteiger charge is 2.38. The van der Waals surface area contributed by atoms with E-state index >= 15 is 0 Å². The first-order valence-corrected chi connectivity index (χ1v) is 19.6. The molecule has 1 saturated heterocycles. The molecular formula is C40H49O8PS. The lowest BCUT2D eigenvalue weighted by Crippen LogP contribution is -2.34. The quantitative estimate of drug-likeness (QED) is 0.0569. The summed E-state index contributed by atoms with van der Waals surface area (Å²) in [6.45, 7) is 6.36. The zero-order valence-corrected chi connectivity index (χ0v) is 31.3. The Morgan fingerprint density at radius 2 is 1.34 bits per heavy atom. The van der Waals surface area contributed by atoms with Crippen molar-refractivity contribution in [2.45, 2.75) is 63.8 Å². The predicted octanol–water partition coefficient (Wildman–Crippen LogP) is 8.99. The number of benzene rings is 4. The van der Waals surface area contributed by atoms with E-state index in [2.05, 4.69) is 36.4 Å². The highest BCUT2D eigenvalue weighted by molar-refractivity contribution is 8.07. The summed E-state index contributed by atoms with van der Waals surface area (Å²) in [5.74, 6) is 0.783. The van der Waals surface area contributed by atoms with E-state index in [-0.39, 0.29) is 18.8 Å². The van der Waals surface area contributed by atoms with Gasteiger partial charge >= 0.3 is 6.72 Å². The minimum Gasteiger partial charge on any atom is -0.497 e. The maximum absolute atomic E-state index is 6.95. The van der Waals surface area contributed by atoms with E-state index in [1.165, 1.54) is 0 Å². The summed E-state index contributed by atoms with van der Waals surface area (Å²) < 4.78 is 48.7. The maximum Gasteiger partial charge on any atom is 0.328 e. The van der Waals surface area contributed by atoms with Gasteiger partial charge in [0.05, 0.1) is 51.8 Å². The summed E-state index contributed by atoms with van der Waals surface area (Å²) >= 11 is 5.92. The Kier molecular flexibility index (Phi) is 13.8. The molecule has 5 rings (SSSR count). The largest absolute Gasteiger partial charge is 0.497 e. The monoisotopic (exact) mass is 720 g/mol. The SMILES string of the molecule is COc1ccc(C2OCC(COCCOP(=S)(OC(C)CCOC(c3ccccc3)(c3ccccc3)c3ccccc3)OC(C)(C)C)O2)cc1. The second-order valence-electron chi connectivity index (χ2n) is 13.1. The van der Waals surface area contributed by atoms with Gasteiger partial charge in [0.1, 0.15) is 17.5 Å². The number of rotatable bonds is 18. The lowest BCUT2D eigenvalue weighted by Gasteiger charge is -2.36. The highest BCUT2D eigenvalue weighted by Crippen LogP contribution is 2.54. The molecule has 0 bridgehead atoms. The van der Waals surface area contributed by atoms with Crippen LogP contribution < -0.4 is 4.74 Å². The predicted molar refractivity (Wildman–Crippen MR) is 199 cm³/mol. The fourth-order valence-corrected chi connectivity index (χ4v) is 8.73. The Hall–Kier alpha value is -2.95. The van der Waals surface area contributed by atoms with Crippen LogP contribution in [0.4, 0.5) is 0 Å². The van der Waals surface area contributed by atoms with Gasteiger partial charge in [-0.15, -0.1) is 0 Å². The summed E-state index contributed by atoms with van der Waals surface area (Å²) in [4.78, 5) is 0. The number of ether oxygens (including phenoxy) is 5. The smallest absolute Gasteiger partial charge is 0.328 e. The van der Waals surface area contributed by atoms with Crippen molar-refractivity contribution in [3.05, 3.63) is 138 Å². The van der Waals surface area contributed by atoms with Gasteiger partial charge in [-0.05, 0) is 74.7 Å². The number of methoxy groups -OCH3 is 1. The molecule has 4 aromatic carbocycles. The molecule has 1 aliphatic rings. The molecule has 4 unspecified atom stereocenters. The molecule has 0 saturated carbocycles. The molecule has 4 aromatic rings. The van der Waals surface area contributed by atoms with Crippen LogP contribution in [0.3, 0.4) is 0 Å². The van der Waals surface area contributed by atoms with Crippen LogP contribution in [0.1, 0.15) is 62.7 Å². The molecule has 0 radical (unpaired) electrons. The average Bonchev–Trinajstić information content (AvgIpc) is 3.59. The standard InChI is InChI=1S/C40H49O8PS/c1-31(25-26-44-40(33-15-9-6-10-16-33,34-17-11-7-12-18-34)35-19-13-8-14-20-35)47-49(50,48-39(2,3)4)45-28-27-42-29-37-30-43-38(46-37)32-21-23-36(41-5)24-22-32/h6-24,31,37-38H,25-30H2,1-5H3. The third kappa shape index (κ3) is 10.5. The van der Waals surface area contributed by atoms with Gasteiger partial charge < -0.3 is 37.3 Å². The minimum absolute atomic E-state index is 0.193. The number of hydrogen-bond donors (Lipinski definition) is 0. The Bertz CT molecular complexity index is 1520. The van der Waals surface area contributed by atoms with Crippen LogP contribution in [0, 0.1) is 0 Å². The van der Waals surface area contributed by atoms with Gasteiger partial charge in [0.25, 0.3) is 0 Å². The van der Waals surface area contributed by atoms with E-state index in [4.69, 9.17) is 49.1 Å². The molecule has 8 nitrogen and oxygen atoms in total. The van der Waals surface area contributed by atoms with E-state index in [1.807, 2.05) is 107 Å². The van der Waals surface area contributed by atoms with Crippen molar-refractivity contribution in [3.8, 4) is 5.75 Å². The topological polar surface area (TPSA) is 73.8 Å². The first kappa shape index (κ1) is 38.3. The van der Waals surface area contributed by atoms with Gasteiger partial charge in [-0.1, -0.05) is 103 Å². The fourth-order valence-electron chi connectivity index (χ4n) is 5.73. The molecule has 1 fully saturated rings. The van der Waals surface area contributed by atoms with Gasteiger partial charge in [0.2, 0.25) is 0 Å². The van der Waals surface area contributed by atoms with Gasteiger partial charge in [-0.2, -0.15) is 0 Å². The van der Waals surface area contributed by atoms with Crippen LogP contribution in [-0.4, -0.2) is 58.0 Å². The number of hydrogen-bond acceptors (Lipinski definition) is 9. The van der Waals surface area contributed by atoms with Crippen molar-refractivity contribution in [2.75, 3.05) is 40.1 Å². The van der Waals surface area contributed by atoms with Crippen LogP contribution >= 0.6 is 6.72 Å². The normalized spacial score (nSPS) is 18.4. The summed E-state index contributed by atoms with van der Waals surface area (Å²) in [6.07, 6.45) is -0.367. The first-order valence-electron chi connectivity index (χ1n) is 17.0. The van der Waals surface area contributed by atoms with Crippen molar-refractivity contribution >= 4 is 18.5 Å². The van der Waals surface area contributed by atoms with Gasteiger partial charge in [0.15, 0.2) is 6.29 Å². The van der Waals surface area contributed by atoms with Crippen LogP contribution in [0.25, 0.3) is 0 Å². The summed E-state index contributed by atoms with van der Waals surface area (Å²) in [5.41, 5.74) is 2.67. The van der Waals surface area contributed by atoms with Crippen LogP contribution in [0.15, 0.2) is 115 Å². The first-order chi connectivity index (χ1) is 24.1. The molecule has 0 amide bonds. The molecule has 1 heterocycles. The third-order valence-electron chi connectivity index (χ3n) is 8.00. The molecule has 0 spiro atoms. The van der Waals surface area contributed by atoms with E-state index in [9.17, 15) is 0 Å². The van der Waals surface area contributed by atoms with E-state index in [0.29, 0.717) is 32.8 Å². The molecule has 4 atom stereocenters. The fraction of sp³-hybridized carbons (Fsp3) is 0.400. The molecule has 0 aliphatic carbocycles. The molecule has 10 heteroatoms. The second kappa shape index (κ2) is 18.0. The summed E-state index contributed by atoms with van der Waals surface area (Å²) in [7, 11) is 1.64.